The van der Waals surface area contributed by atoms with Crippen LogP contribution in [0.15, 0.2) is 18.2 Å². The predicted octanol–water partition coefficient (Wildman–Crippen LogP) is 3.07. The van der Waals surface area contributed by atoms with Gasteiger partial charge in [-0.25, -0.2) is 0 Å². The molecule has 5 heteroatoms. The number of halogens is 2. The van der Waals surface area contributed by atoms with Gasteiger partial charge >= 0.3 is 0 Å². The van der Waals surface area contributed by atoms with E-state index in [2.05, 4.69) is 10.6 Å². The Kier molecular flexibility index (Phi) is 4.13. The molecule has 17 heavy (non-hydrogen) atoms. The molecule has 1 aliphatic rings. The zero-order valence-electron chi connectivity index (χ0n) is 9.30. The van der Waals surface area contributed by atoms with Crippen molar-refractivity contribution in [3.8, 4) is 0 Å². The quantitative estimate of drug-likeness (QED) is 0.869. The van der Waals surface area contributed by atoms with Crippen LogP contribution in [0.5, 0.6) is 0 Å². The first kappa shape index (κ1) is 12.5. The van der Waals surface area contributed by atoms with Crippen molar-refractivity contribution < 1.29 is 4.79 Å². The number of hydrogen-bond acceptors (Lipinski definition) is 2. The summed E-state index contributed by atoms with van der Waals surface area (Å²) in [6.07, 6.45) is 2.88. The van der Waals surface area contributed by atoms with Gasteiger partial charge in [-0.3, -0.25) is 4.79 Å². The summed E-state index contributed by atoms with van der Waals surface area (Å²) in [6, 6.07) is 5.00. The van der Waals surface area contributed by atoms with Gasteiger partial charge in [-0.15, -0.1) is 0 Å². The van der Waals surface area contributed by atoms with Crippen LogP contribution in [-0.2, 0) is 4.79 Å². The highest BCUT2D eigenvalue weighted by Gasteiger charge is 2.20. The zero-order valence-corrected chi connectivity index (χ0v) is 10.8. The number of carbonyl (C=O) groups excluding carboxylic acids is 1. The van der Waals surface area contributed by atoms with E-state index in [1.165, 1.54) is 0 Å². The molecule has 1 atom stereocenters. The highest BCUT2D eigenvalue weighted by Crippen LogP contribution is 2.26. The van der Waals surface area contributed by atoms with Crippen LogP contribution in [0.25, 0.3) is 0 Å². The minimum Gasteiger partial charge on any atom is -0.372 e. The maximum Gasteiger partial charge on any atom is 0.242 e. The molecule has 1 fully saturated rings. The second-order valence-electron chi connectivity index (χ2n) is 4.11. The van der Waals surface area contributed by atoms with Crippen molar-refractivity contribution in [1.82, 2.24) is 5.32 Å². The maximum absolute atomic E-state index is 11.8. The molecule has 1 saturated heterocycles. The Balaban J connectivity index is 2.10. The largest absolute Gasteiger partial charge is 0.372 e. The van der Waals surface area contributed by atoms with E-state index < -0.39 is 0 Å². The predicted molar refractivity (Wildman–Crippen MR) is 70.7 cm³/mol. The first-order valence-corrected chi connectivity index (χ1v) is 6.42. The van der Waals surface area contributed by atoms with Crippen LogP contribution < -0.4 is 10.6 Å². The molecule has 1 heterocycles. The smallest absolute Gasteiger partial charge is 0.242 e. The number of carbonyl (C=O) groups is 1. The number of nitrogens with one attached hydrogen (secondary N) is 2. The topological polar surface area (TPSA) is 41.1 Å². The van der Waals surface area contributed by atoms with Crippen LogP contribution in [0.4, 0.5) is 5.69 Å². The van der Waals surface area contributed by atoms with E-state index in [0.29, 0.717) is 10.0 Å². The van der Waals surface area contributed by atoms with Crippen LogP contribution in [0.3, 0.4) is 0 Å². The summed E-state index contributed by atoms with van der Waals surface area (Å²) in [5, 5.41) is 7.16. The standard InChI is InChI=1S/C12H14Cl2N2O/c13-8-4-5-10(9(14)7-8)16-11-3-1-2-6-15-12(11)17/h4-5,7,11,16H,1-3,6H2,(H,15,17). The number of amides is 1. The first-order chi connectivity index (χ1) is 8.16. The Morgan fingerprint density at radius 3 is 2.88 bits per heavy atom. The van der Waals surface area contributed by atoms with E-state index >= 15 is 0 Å². The summed E-state index contributed by atoms with van der Waals surface area (Å²) < 4.78 is 0. The highest BCUT2D eigenvalue weighted by molar-refractivity contribution is 6.36. The van der Waals surface area contributed by atoms with Gasteiger partial charge in [0.2, 0.25) is 5.91 Å². The molecule has 1 amide bonds. The Morgan fingerprint density at radius 2 is 2.12 bits per heavy atom. The molecule has 1 aliphatic heterocycles. The minimum absolute atomic E-state index is 0.0357. The molecule has 2 N–H and O–H groups in total. The molecule has 0 saturated carbocycles. The molecular weight excluding hydrogens is 259 g/mol. The zero-order chi connectivity index (χ0) is 12.3. The van der Waals surface area contributed by atoms with Gasteiger partial charge in [-0.05, 0) is 37.5 Å². The van der Waals surface area contributed by atoms with Crippen molar-refractivity contribution >= 4 is 34.8 Å². The van der Waals surface area contributed by atoms with Crippen LogP contribution in [0, 0.1) is 0 Å². The summed E-state index contributed by atoms with van der Waals surface area (Å²) in [7, 11) is 0. The number of anilines is 1. The Labute approximate surface area is 110 Å². The van der Waals surface area contributed by atoms with Crippen molar-refractivity contribution in [2.45, 2.75) is 25.3 Å². The lowest BCUT2D eigenvalue weighted by molar-refractivity contribution is -0.121. The Bertz CT molecular complexity index is 423. The number of rotatable bonds is 2. The molecule has 0 aromatic heterocycles. The summed E-state index contributed by atoms with van der Waals surface area (Å²) in [5.41, 5.74) is 0.748. The van der Waals surface area contributed by atoms with Crippen molar-refractivity contribution in [3.05, 3.63) is 28.2 Å². The van der Waals surface area contributed by atoms with Gasteiger partial charge in [0, 0.05) is 11.6 Å². The first-order valence-electron chi connectivity index (χ1n) is 5.66. The van der Waals surface area contributed by atoms with E-state index in [9.17, 15) is 4.79 Å². The number of hydrogen-bond donors (Lipinski definition) is 2. The van der Waals surface area contributed by atoms with E-state index in [1.54, 1.807) is 18.2 Å². The lowest BCUT2D eigenvalue weighted by Crippen LogP contribution is -2.37. The van der Waals surface area contributed by atoms with E-state index in [0.717, 1.165) is 31.5 Å². The van der Waals surface area contributed by atoms with Gasteiger partial charge in [0.1, 0.15) is 6.04 Å². The minimum atomic E-state index is -0.212. The molecule has 3 nitrogen and oxygen atoms in total. The average molecular weight is 273 g/mol. The fourth-order valence-corrected chi connectivity index (χ4v) is 2.33. The van der Waals surface area contributed by atoms with Crippen LogP contribution in [0.1, 0.15) is 19.3 Å². The highest BCUT2D eigenvalue weighted by atomic mass is 35.5. The van der Waals surface area contributed by atoms with Gasteiger partial charge in [-0.2, -0.15) is 0 Å². The second-order valence-corrected chi connectivity index (χ2v) is 4.95. The molecule has 1 unspecified atom stereocenters. The van der Waals surface area contributed by atoms with Crippen LogP contribution in [0.2, 0.25) is 10.0 Å². The van der Waals surface area contributed by atoms with Crippen LogP contribution in [-0.4, -0.2) is 18.5 Å². The summed E-state index contributed by atoms with van der Waals surface area (Å²) in [5.74, 6) is 0.0357. The Hall–Kier alpha value is -0.930. The van der Waals surface area contributed by atoms with Crippen molar-refractivity contribution in [3.63, 3.8) is 0 Å². The molecule has 1 aromatic carbocycles. The lowest BCUT2D eigenvalue weighted by atomic mass is 10.1. The number of benzene rings is 1. The van der Waals surface area contributed by atoms with Gasteiger partial charge in [-0.1, -0.05) is 23.2 Å². The van der Waals surface area contributed by atoms with Gasteiger partial charge in [0.15, 0.2) is 0 Å². The molecule has 0 radical (unpaired) electrons. The molecule has 0 bridgehead atoms. The summed E-state index contributed by atoms with van der Waals surface area (Å²) in [6.45, 7) is 0.755. The third-order valence-electron chi connectivity index (χ3n) is 2.80. The van der Waals surface area contributed by atoms with Gasteiger partial charge in [0.25, 0.3) is 0 Å². The van der Waals surface area contributed by atoms with Gasteiger partial charge in [0.05, 0.1) is 10.7 Å². The fraction of sp³-hybridized carbons (Fsp3) is 0.417. The normalized spacial score (nSPS) is 20.6. The second kappa shape index (κ2) is 5.61. The van der Waals surface area contributed by atoms with E-state index in [-0.39, 0.29) is 11.9 Å². The van der Waals surface area contributed by atoms with Crippen molar-refractivity contribution in [1.29, 1.82) is 0 Å². The summed E-state index contributed by atoms with van der Waals surface area (Å²) >= 11 is 11.9. The monoisotopic (exact) mass is 272 g/mol. The molecular formula is C12H14Cl2N2O. The van der Waals surface area contributed by atoms with Crippen molar-refractivity contribution in [2.24, 2.45) is 0 Å². The molecule has 2 rings (SSSR count). The lowest BCUT2D eigenvalue weighted by Gasteiger charge is -2.17. The molecule has 1 aromatic rings. The third-order valence-corrected chi connectivity index (χ3v) is 3.34. The molecule has 0 spiro atoms. The Morgan fingerprint density at radius 1 is 1.29 bits per heavy atom. The average Bonchev–Trinajstić information content (AvgIpc) is 2.48. The van der Waals surface area contributed by atoms with E-state index in [1.807, 2.05) is 0 Å². The maximum atomic E-state index is 11.8. The van der Waals surface area contributed by atoms with E-state index in [4.69, 9.17) is 23.2 Å². The fourth-order valence-electron chi connectivity index (χ4n) is 1.87. The van der Waals surface area contributed by atoms with Crippen LogP contribution >= 0.6 is 23.2 Å². The SMILES string of the molecule is O=C1NCCCCC1Nc1ccc(Cl)cc1Cl. The molecule has 0 aliphatic carbocycles. The molecule has 92 valence electrons. The van der Waals surface area contributed by atoms with Gasteiger partial charge < -0.3 is 10.6 Å². The summed E-state index contributed by atoms with van der Waals surface area (Å²) in [4.78, 5) is 11.8. The third kappa shape index (κ3) is 3.27. The van der Waals surface area contributed by atoms with Crippen molar-refractivity contribution in [2.75, 3.05) is 11.9 Å².